The van der Waals surface area contributed by atoms with E-state index in [2.05, 4.69) is 25.5 Å². The summed E-state index contributed by atoms with van der Waals surface area (Å²) in [5, 5.41) is 23.6. The number of nitrogens with one attached hydrogen (secondary N) is 1. The molecule has 0 saturated heterocycles. The Morgan fingerprint density at radius 2 is 2.00 bits per heavy atom. The molecule has 2 heterocycles. The van der Waals surface area contributed by atoms with Crippen LogP contribution in [-0.4, -0.2) is 37.3 Å². The molecule has 0 aliphatic carbocycles. The van der Waals surface area contributed by atoms with Gasteiger partial charge in [0.25, 0.3) is 5.91 Å². The van der Waals surface area contributed by atoms with Crippen LogP contribution < -0.4 is 5.43 Å². The van der Waals surface area contributed by atoms with Gasteiger partial charge in [-0.25, -0.2) is 10.4 Å². The number of hydrazone groups is 1. The molecule has 0 atom stereocenters. The number of amides is 1. The van der Waals surface area contributed by atoms with Crippen LogP contribution in [0, 0.1) is 0 Å². The minimum absolute atomic E-state index is 0.155. The van der Waals surface area contributed by atoms with Crippen molar-refractivity contribution in [2.45, 2.75) is 0 Å². The average Bonchev–Trinajstić information content (AvgIpc) is 2.65. The predicted octanol–water partition coefficient (Wildman–Crippen LogP) is 2.37. The van der Waals surface area contributed by atoms with Crippen LogP contribution in [0.5, 0.6) is 11.6 Å². The van der Waals surface area contributed by atoms with Gasteiger partial charge < -0.3 is 10.2 Å². The van der Waals surface area contributed by atoms with E-state index in [1.807, 2.05) is 0 Å². The fourth-order valence-electron chi connectivity index (χ4n) is 2.01. The predicted molar refractivity (Wildman–Crippen MR) is 95.1 cm³/mol. The Kier molecular flexibility index (Phi) is 5.04. The zero-order valence-corrected chi connectivity index (χ0v) is 13.9. The lowest BCUT2D eigenvalue weighted by Crippen LogP contribution is -2.18. The molecule has 26 heavy (non-hydrogen) atoms. The lowest BCUT2D eigenvalue weighted by molar-refractivity contribution is 0.0951. The summed E-state index contributed by atoms with van der Waals surface area (Å²) >= 11 is 5.78. The minimum atomic E-state index is -0.715. The first-order chi connectivity index (χ1) is 12.6. The van der Waals surface area contributed by atoms with Crippen molar-refractivity contribution in [3.8, 4) is 23.1 Å². The van der Waals surface area contributed by atoms with Gasteiger partial charge in [-0.2, -0.15) is 10.1 Å². The van der Waals surface area contributed by atoms with Crippen molar-refractivity contribution >= 4 is 23.7 Å². The number of rotatable bonds is 4. The standard InChI is InChI=1S/C17H12ClN5O3/c18-12-5-3-4-10(14(12)24)8-21-23-17(26)11-9-20-15(22-16(11)25)13-6-1-2-7-19-13/h1-9,24H,(H,23,26)(H,20,22,25). The fourth-order valence-corrected chi connectivity index (χ4v) is 2.19. The third-order valence-corrected chi connectivity index (χ3v) is 3.60. The second-order valence-electron chi connectivity index (χ2n) is 5.02. The fraction of sp³-hybridized carbons (Fsp3) is 0. The largest absolute Gasteiger partial charge is 0.506 e. The first-order valence-electron chi connectivity index (χ1n) is 7.34. The maximum Gasteiger partial charge on any atom is 0.278 e. The Bertz CT molecular complexity index is 979. The molecule has 2 aromatic heterocycles. The van der Waals surface area contributed by atoms with Crippen LogP contribution in [0.1, 0.15) is 15.9 Å². The molecule has 0 saturated carbocycles. The van der Waals surface area contributed by atoms with Gasteiger partial charge in [0.2, 0.25) is 5.88 Å². The summed E-state index contributed by atoms with van der Waals surface area (Å²) in [7, 11) is 0. The maximum absolute atomic E-state index is 12.1. The van der Waals surface area contributed by atoms with Crippen LogP contribution in [0.2, 0.25) is 5.02 Å². The number of halogens is 1. The van der Waals surface area contributed by atoms with Crippen LogP contribution >= 0.6 is 11.6 Å². The maximum atomic E-state index is 12.1. The van der Waals surface area contributed by atoms with E-state index in [0.29, 0.717) is 11.3 Å². The second-order valence-corrected chi connectivity index (χ2v) is 5.43. The SMILES string of the molecule is O=C(NN=Cc1cccc(Cl)c1O)c1cnc(-c2ccccn2)nc1O. The summed E-state index contributed by atoms with van der Waals surface area (Å²) in [6.07, 6.45) is 3.96. The van der Waals surface area contributed by atoms with E-state index < -0.39 is 11.8 Å². The van der Waals surface area contributed by atoms with Gasteiger partial charge in [-0.05, 0) is 24.3 Å². The highest BCUT2D eigenvalue weighted by Gasteiger charge is 2.15. The molecule has 130 valence electrons. The average molecular weight is 370 g/mol. The molecule has 0 radical (unpaired) electrons. The highest BCUT2D eigenvalue weighted by Crippen LogP contribution is 2.25. The second kappa shape index (κ2) is 7.58. The van der Waals surface area contributed by atoms with Gasteiger partial charge >= 0.3 is 0 Å². The number of carbonyl (C=O) groups is 1. The molecule has 3 aromatic rings. The third-order valence-electron chi connectivity index (χ3n) is 3.29. The van der Waals surface area contributed by atoms with Crippen LogP contribution in [0.3, 0.4) is 0 Å². The molecule has 0 aliphatic heterocycles. The van der Waals surface area contributed by atoms with Gasteiger partial charge in [-0.15, -0.1) is 0 Å². The number of hydrogen-bond donors (Lipinski definition) is 3. The first-order valence-corrected chi connectivity index (χ1v) is 7.72. The lowest BCUT2D eigenvalue weighted by atomic mass is 10.2. The number of hydrogen-bond acceptors (Lipinski definition) is 7. The Morgan fingerprint density at radius 3 is 2.73 bits per heavy atom. The monoisotopic (exact) mass is 369 g/mol. The number of phenols is 1. The molecular formula is C17H12ClN5O3. The molecule has 1 aromatic carbocycles. The van der Waals surface area contributed by atoms with Gasteiger partial charge in [-0.3, -0.25) is 9.78 Å². The van der Waals surface area contributed by atoms with E-state index in [4.69, 9.17) is 11.6 Å². The number of aromatic nitrogens is 3. The van der Waals surface area contributed by atoms with Crippen LogP contribution in [0.4, 0.5) is 0 Å². The van der Waals surface area contributed by atoms with Gasteiger partial charge in [0.1, 0.15) is 17.0 Å². The summed E-state index contributed by atoms with van der Waals surface area (Å²) < 4.78 is 0. The van der Waals surface area contributed by atoms with E-state index in [0.717, 1.165) is 0 Å². The summed E-state index contributed by atoms with van der Waals surface area (Å²) in [6.45, 7) is 0. The van der Waals surface area contributed by atoms with E-state index >= 15 is 0 Å². The van der Waals surface area contributed by atoms with E-state index in [1.54, 1.807) is 36.5 Å². The van der Waals surface area contributed by atoms with Gasteiger partial charge in [0.15, 0.2) is 5.82 Å². The highest BCUT2D eigenvalue weighted by atomic mass is 35.5. The molecule has 9 heteroatoms. The molecule has 3 N–H and O–H groups in total. The van der Waals surface area contributed by atoms with Crippen LogP contribution in [0.15, 0.2) is 53.9 Å². The van der Waals surface area contributed by atoms with Crippen molar-refractivity contribution < 1.29 is 15.0 Å². The summed E-state index contributed by atoms with van der Waals surface area (Å²) in [6, 6.07) is 9.88. The number of carbonyl (C=O) groups excluding carboxylic acids is 1. The number of aromatic hydroxyl groups is 2. The molecule has 1 amide bonds. The van der Waals surface area contributed by atoms with Crippen molar-refractivity contribution in [1.29, 1.82) is 0 Å². The normalized spacial score (nSPS) is 10.8. The van der Waals surface area contributed by atoms with Crippen LogP contribution in [-0.2, 0) is 0 Å². The van der Waals surface area contributed by atoms with E-state index in [-0.39, 0.29) is 22.2 Å². The molecule has 3 rings (SSSR count). The molecular weight excluding hydrogens is 358 g/mol. The lowest BCUT2D eigenvalue weighted by Gasteiger charge is -2.04. The Labute approximate surface area is 152 Å². The zero-order valence-electron chi connectivity index (χ0n) is 13.2. The minimum Gasteiger partial charge on any atom is -0.506 e. The Morgan fingerprint density at radius 1 is 1.15 bits per heavy atom. The van der Waals surface area contributed by atoms with Gasteiger partial charge in [0, 0.05) is 18.0 Å². The number of benzene rings is 1. The third kappa shape index (κ3) is 3.76. The topological polar surface area (TPSA) is 121 Å². The molecule has 0 fully saturated rings. The van der Waals surface area contributed by atoms with Crippen molar-refractivity contribution in [2.24, 2.45) is 5.10 Å². The highest BCUT2D eigenvalue weighted by molar-refractivity contribution is 6.32. The molecule has 0 aliphatic rings. The molecule has 0 unspecified atom stereocenters. The summed E-state index contributed by atoms with van der Waals surface area (Å²) in [4.78, 5) is 24.0. The number of para-hydroxylation sites is 1. The quantitative estimate of drug-likeness (QED) is 0.479. The smallest absolute Gasteiger partial charge is 0.278 e. The van der Waals surface area contributed by atoms with Crippen molar-refractivity contribution in [3.63, 3.8) is 0 Å². The molecule has 0 bridgehead atoms. The zero-order chi connectivity index (χ0) is 18.5. The van der Waals surface area contributed by atoms with Gasteiger partial charge in [0.05, 0.1) is 11.2 Å². The van der Waals surface area contributed by atoms with Crippen molar-refractivity contribution in [3.05, 3.63) is 64.9 Å². The van der Waals surface area contributed by atoms with Crippen molar-refractivity contribution in [2.75, 3.05) is 0 Å². The number of nitrogens with zero attached hydrogens (tertiary/aromatic N) is 4. The van der Waals surface area contributed by atoms with E-state index in [9.17, 15) is 15.0 Å². The van der Waals surface area contributed by atoms with Gasteiger partial charge in [-0.1, -0.05) is 23.7 Å². The Hall–Kier alpha value is -3.52. The van der Waals surface area contributed by atoms with Crippen LogP contribution in [0.25, 0.3) is 11.5 Å². The summed E-state index contributed by atoms with van der Waals surface area (Å²) in [5.41, 5.74) is 2.84. The Balaban J connectivity index is 1.74. The summed E-state index contributed by atoms with van der Waals surface area (Å²) in [5.74, 6) is -1.18. The number of pyridine rings is 1. The first kappa shape index (κ1) is 17.3. The molecule has 8 nitrogen and oxygen atoms in total. The number of phenolic OH excluding ortho intramolecular Hbond substituents is 1. The molecule has 0 spiro atoms. The van der Waals surface area contributed by atoms with Crippen molar-refractivity contribution in [1.82, 2.24) is 20.4 Å². The van der Waals surface area contributed by atoms with E-state index in [1.165, 1.54) is 18.5 Å².